The zero-order valence-electron chi connectivity index (χ0n) is 43.3. The Bertz CT molecular complexity index is 1140. The molecule has 0 N–H and O–H groups in total. The van der Waals surface area contributed by atoms with E-state index in [0.717, 1.165) is 83.5 Å². The van der Waals surface area contributed by atoms with Gasteiger partial charge in [-0.1, -0.05) is 262 Å². The molecule has 0 spiro atoms. The fraction of sp³-hybridized carbons (Fsp3) is 0.814. The Morgan fingerprint density at radius 2 is 0.600 bits per heavy atom. The Balaban J connectivity index is 3.91. The highest BCUT2D eigenvalue weighted by molar-refractivity contribution is 5.71. The Morgan fingerprint density at radius 3 is 0.938 bits per heavy atom. The molecule has 0 rings (SSSR count). The van der Waals surface area contributed by atoms with Gasteiger partial charge >= 0.3 is 17.9 Å². The first-order chi connectivity index (χ1) is 32.0. The molecule has 0 fully saturated rings. The summed E-state index contributed by atoms with van der Waals surface area (Å²) in [6, 6.07) is 0. The highest BCUT2D eigenvalue weighted by Gasteiger charge is 2.19. The summed E-state index contributed by atoms with van der Waals surface area (Å²) in [5.41, 5.74) is 0. The predicted molar refractivity (Wildman–Crippen MR) is 279 cm³/mol. The molecule has 0 heterocycles. The molecule has 6 nitrogen and oxygen atoms in total. The molecule has 0 aromatic carbocycles. The first-order valence-corrected chi connectivity index (χ1v) is 28.1. The van der Waals surface area contributed by atoms with Crippen LogP contribution in [0.5, 0.6) is 0 Å². The maximum absolute atomic E-state index is 12.7. The lowest BCUT2D eigenvalue weighted by Gasteiger charge is -2.18. The Hall–Kier alpha value is -2.63. The van der Waals surface area contributed by atoms with Crippen LogP contribution in [0.25, 0.3) is 0 Å². The van der Waals surface area contributed by atoms with E-state index in [1.807, 2.05) is 0 Å². The zero-order valence-corrected chi connectivity index (χ0v) is 43.3. The molecule has 1 atom stereocenters. The zero-order chi connectivity index (χ0) is 47.2. The molecule has 0 bridgehead atoms. The number of rotatable bonds is 51. The van der Waals surface area contributed by atoms with Gasteiger partial charge in [0.1, 0.15) is 13.2 Å². The number of esters is 3. The second-order valence-electron chi connectivity index (χ2n) is 18.8. The average Bonchev–Trinajstić information content (AvgIpc) is 3.30. The third kappa shape index (κ3) is 52.2. The summed E-state index contributed by atoms with van der Waals surface area (Å²) in [6.07, 6.45) is 65.8. The number of unbranched alkanes of at least 4 members (excludes halogenated alkanes) is 32. The highest BCUT2D eigenvalue weighted by atomic mass is 16.6. The van der Waals surface area contributed by atoms with E-state index < -0.39 is 6.10 Å². The summed E-state index contributed by atoms with van der Waals surface area (Å²) < 4.78 is 16.7. The third-order valence-electron chi connectivity index (χ3n) is 12.3. The van der Waals surface area contributed by atoms with Crippen LogP contribution < -0.4 is 0 Å². The van der Waals surface area contributed by atoms with E-state index in [2.05, 4.69) is 69.4 Å². The van der Waals surface area contributed by atoms with Gasteiger partial charge in [0.2, 0.25) is 0 Å². The first-order valence-electron chi connectivity index (χ1n) is 28.1. The Morgan fingerprint density at radius 1 is 0.323 bits per heavy atom. The van der Waals surface area contributed by atoms with Crippen LogP contribution in [0.15, 0.2) is 48.6 Å². The van der Waals surface area contributed by atoms with E-state index >= 15 is 0 Å². The van der Waals surface area contributed by atoms with Gasteiger partial charge in [-0.2, -0.15) is 0 Å². The molecule has 0 aromatic heterocycles. The smallest absolute Gasteiger partial charge is 0.306 e. The number of hydrogen-bond donors (Lipinski definition) is 0. The number of ether oxygens (including phenoxy) is 3. The van der Waals surface area contributed by atoms with Crippen molar-refractivity contribution in [1.82, 2.24) is 0 Å². The molecule has 0 radical (unpaired) electrons. The van der Waals surface area contributed by atoms with Crippen molar-refractivity contribution in [2.45, 2.75) is 297 Å². The third-order valence-corrected chi connectivity index (χ3v) is 12.3. The number of allylic oxidation sites excluding steroid dienone is 8. The molecule has 0 aliphatic rings. The summed E-state index contributed by atoms with van der Waals surface area (Å²) in [4.78, 5) is 37.7. The van der Waals surface area contributed by atoms with E-state index in [-0.39, 0.29) is 31.1 Å². The van der Waals surface area contributed by atoms with E-state index in [0.29, 0.717) is 19.3 Å². The number of carbonyl (C=O) groups is 3. The van der Waals surface area contributed by atoms with Crippen LogP contribution in [0, 0.1) is 0 Å². The molecule has 378 valence electrons. The van der Waals surface area contributed by atoms with Crippen molar-refractivity contribution < 1.29 is 28.6 Å². The predicted octanol–water partition coefficient (Wildman–Crippen LogP) is 18.7. The van der Waals surface area contributed by atoms with Crippen LogP contribution in [0.2, 0.25) is 0 Å². The van der Waals surface area contributed by atoms with E-state index in [1.54, 1.807) is 0 Å². The summed E-state index contributed by atoms with van der Waals surface area (Å²) in [7, 11) is 0. The number of carbonyl (C=O) groups excluding carboxylic acids is 3. The van der Waals surface area contributed by atoms with Crippen LogP contribution in [0.3, 0.4) is 0 Å². The van der Waals surface area contributed by atoms with Crippen molar-refractivity contribution in [2.75, 3.05) is 13.2 Å². The quantitative estimate of drug-likeness (QED) is 0.0262. The van der Waals surface area contributed by atoms with Crippen LogP contribution in [0.1, 0.15) is 290 Å². The molecule has 0 aromatic rings. The van der Waals surface area contributed by atoms with Crippen LogP contribution in [-0.2, 0) is 28.6 Å². The molecular formula is C59H106O6. The lowest BCUT2D eigenvalue weighted by Crippen LogP contribution is -2.30. The van der Waals surface area contributed by atoms with E-state index in [1.165, 1.54) is 167 Å². The second-order valence-corrected chi connectivity index (χ2v) is 18.8. The molecule has 0 saturated carbocycles. The molecular weight excluding hydrogens is 805 g/mol. The second kappa shape index (κ2) is 54.0. The van der Waals surface area contributed by atoms with Gasteiger partial charge in [-0.25, -0.2) is 0 Å². The maximum Gasteiger partial charge on any atom is 0.306 e. The van der Waals surface area contributed by atoms with Crippen LogP contribution in [0.4, 0.5) is 0 Å². The molecule has 0 saturated heterocycles. The minimum atomic E-state index is -0.763. The van der Waals surface area contributed by atoms with Gasteiger partial charge in [-0.15, -0.1) is 0 Å². The van der Waals surface area contributed by atoms with Crippen molar-refractivity contribution in [3.63, 3.8) is 0 Å². The van der Waals surface area contributed by atoms with Gasteiger partial charge < -0.3 is 14.2 Å². The Kier molecular flexibility index (Phi) is 51.8. The van der Waals surface area contributed by atoms with E-state index in [4.69, 9.17) is 14.2 Å². The lowest BCUT2D eigenvalue weighted by atomic mass is 10.0. The molecule has 1 unspecified atom stereocenters. The monoisotopic (exact) mass is 911 g/mol. The molecule has 0 aliphatic heterocycles. The summed E-state index contributed by atoms with van der Waals surface area (Å²) in [6.45, 7) is 6.49. The van der Waals surface area contributed by atoms with Crippen molar-refractivity contribution in [3.05, 3.63) is 48.6 Å². The van der Waals surface area contributed by atoms with Gasteiger partial charge in [0.05, 0.1) is 0 Å². The van der Waals surface area contributed by atoms with Gasteiger partial charge in [0.15, 0.2) is 6.10 Å². The topological polar surface area (TPSA) is 78.9 Å². The summed E-state index contributed by atoms with van der Waals surface area (Å²) >= 11 is 0. The fourth-order valence-electron chi connectivity index (χ4n) is 8.14. The SMILES string of the molecule is CC/C=C\C/C=C\C/C=C\C/C=C\CCCCCCCCCCCCCCCCCCCCC(=O)OCC(COC(=O)CCCCCCCCCC)OC(=O)CCCCCCCCCC. The maximum atomic E-state index is 12.7. The van der Waals surface area contributed by atoms with Crippen molar-refractivity contribution in [1.29, 1.82) is 0 Å². The minimum Gasteiger partial charge on any atom is -0.462 e. The normalized spacial score (nSPS) is 12.4. The first kappa shape index (κ1) is 62.4. The standard InChI is InChI=1S/C59H106O6/c1-4-7-10-13-16-19-20-21-22-23-24-25-26-27-28-29-30-31-32-33-34-35-36-37-38-39-40-41-44-46-49-52-58(61)64-55-56(65-59(62)53-50-47-43-18-15-12-9-6-3)54-63-57(60)51-48-45-42-17-14-11-8-5-2/h7,10,16,19,21-22,24-25,56H,4-6,8-9,11-15,17-18,20,23,26-55H2,1-3H3/b10-7-,19-16-,22-21-,25-24-. The lowest BCUT2D eigenvalue weighted by molar-refractivity contribution is -0.167. The molecule has 6 heteroatoms. The minimum absolute atomic E-state index is 0.0678. The summed E-state index contributed by atoms with van der Waals surface area (Å²) in [5, 5.41) is 0. The van der Waals surface area contributed by atoms with Gasteiger partial charge in [-0.3, -0.25) is 14.4 Å². The Labute approximate surface area is 403 Å². The van der Waals surface area contributed by atoms with Crippen molar-refractivity contribution in [3.8, 4) is 0 Å². The van der Waals surface area contributed by atoms with E-state index in [9.17, 15) is 14.4 Å². The number of hydrogen-bond acceptors (Lipinski definition) is 6. The van der Waals surface area contributed by atoms with Gasteiger partial charge in [0.25, 0.3) is 0 Å². The molecule has 65 heavy (non-hydrogen) atoms. The fourth-order valence-corrected chi connectivity index (χ4v) is 8.14. The van der Waals surface area contributed by atoms with Gasteiger partial charge in [0, 0.05) is 19.3 Å². The van der Waals surface area contributed by atoms with Crippen molar-refractivity contribution in [2.24, 2.45) is 0 Å². The molecule has 0 amide bonds. The average molecular weight is 911 g/mol. The van der Waals surface area contributed by atoms with Crippen LogP contribution in [-0.4, -0.2) is 37.2 Å². The summed E-state index contributed by atoms with van der Waals surface area (Å²) in [5.74, 6) is -0.866. The largest absolute Gasteiger partial charge is 0.462 e. The van der Waals surface area contributed by atoms with Gasteiger partial charge in [-0.05, 0) is 57.8 Å². The van der Waals surface area contributed by atoms with Crippen molar-refractivity contribution >= 4 is 17.9 Å². The highest BCUT2D eigenvalue weighted by Crippen LogP contribution is 2.16. The van der Waals surface area contributed by atoms with Crippen LogP contribution >= 0.6 is 0 Å². The molecule has 0 aliphatic carbocycles.